The number of fused-ring (bicyclic) bond motifs is 1. The summed E-state index contributed by atoms with van der Waals surface area (Å²) in [6.45, 7) is 1.75. The summed E-state index contributed by atoms with van der Waals surface area (Å²) in [4.78, 5) is 24.6. The Morgan fingerprint density at radius 3 is 2.52 bits per heavy atom. The van der Waals surface area contributed by atoms with Gasteiger partial charge in [0.15, 0.2) is 0 Å². The number of nitrogens with one attached hydrogen (secondary N) is 2. The molecule has 1 amide bonds. The van der Waals surface area contributed by atoms with Gasteiger partial charge in [-0.1, -0.05) is 0 Å². The summed E-state index contributed by atoms with van der Waals surface area (Å²) in [5.74, 6) is -1.03. The molecule has 1 fully saturated rings. The van der Waals surface area contributed by atoms with Crippen molar-refractivity contribution < 1.29 is 18.0 Å². The Hall–Kier alpha value is -2.75. The second-order valence-corrected chi connectivity index (χ2v) is 8.64. The Morgan fingerprint density at radius 2 is 1.90 bits per heavy atom. The van der Waals surface area contributed by atoms with E-state index in [2.05, 4.69) is 25.6 Å². The Kier molecular flexibility index (Phi) is 5.83. The molecule has 0 aliphatic heterocycles. The van der Waals surface area contributed by atoms with Crippen molar-refractivity contribution in [2.45, 2.75) is 44.8 Å². The first-order chi connectivity index (χ1) is 14.8. The molecule has 0 unspecified atom stereocenters. The lowest BCUT2D eigenvalue weighted by molar-refractivity contribution is -0.144. The number of amides is 1. The van der Waals surface area contributed by atoms with E-state index in [4.69, 9.17) is 0 Å². The van der Waals surface area contributed by atoms with Crippen molar-refractivity contribution in [2.24, 2.45) is 5.92 Å². The number of carbonyl (C=O) groups excluding carboxylic acids is 1. The van der Waals surface area contributed by atoms with Crippen LogP contribution in [0.5, 0.6) is 0 Å². The highest BCUT2D eigenvalue weighted by molar-refractivity contribution is 7.13. The van der Waals surface area contributed by atoms with Crippen molar-refractivity contribution in [2.75, 3.05) is 12.4 Å². The van der Waals surface area contributed by atoms with E-state index >= 15 is 0 Å². The fourth-order valence-electron chi connectivity index (χ4n) is 4.04. The number of anilines is 1. The summed E-state index contributed by atoms with van der Waals surface area (Å²) < 4.78 is 40.5. The minimum absolute atomic E-state index is 0.00937. The van der Waals surface area contributed by atoms with Crippen LogP contribution in [0.1, 0.15) is 37.1 Å². The fraction of sp³-hybridized carbons (Fsp3) is 0.429. The molecule has 1 aliphatic carbocycles. The maximum atomic E-state index is 13.5. The quantitative estimate of drug-likeness (QED) is 0.598. The van der Waals surface area contributed by atoms with E-state index in [0.29, 0.717) is 36.6 Å². The average molecular weight is 450 g/mol. The van der Waals surface area contributed by atoms with E-state index in [1.54, 1.807) is 25.7 Å². The van der Waals surface area contributed by atoms with Crippen molar-refractivity contribution in [3.05, 3.63) is 35.2 Å². The van der Waals surface area contributed by atoms with Crippen molar-refractivity contribution in [3.63, 3.8) is 0 Å². The van der Waals surface area contributed by atoms with Crippen LogP contribution in [0.3, 0.4) is 0 Å². The number of rotatable bonds is 4. The first kappa shape index (κ1) is 21.5. The van der Waals surface area contributed by atoms with Crippen LogP contribution in [0.15, 0.2) is 23.8 Å². The molecule has 164 valence electrons. The average Bonchev–Trinajstić information content (AvgIpc) is 3.28. The van der Waals surface area contributed by atoms with Crippen LogP contribution in [0.25, 0.3) is 21.3 Å². The van der Waals surface area contributed by atoms with Gasteiger partial charge in [0.05, 0.1) is 15.9 Å². The number of aromatic nitrogens is 3. The third kappa shape index (κ3) is 4.48. The van der Waals surface area contributed by atoms with E-state index in [1.807, 2.05) is 12.1 Å². The van der Waals surface area contributed by atoms with Gasteiger partial charge in [0.2, 0.25) is 11.7 Å². The minimum atomic E-state index is -4.65. The molecule has 4 rings (SSSR count). The molecule has 10 heteroatoms. The van der Waals surface area contributed by atoms with Gasteiger partial charge >= 0.3 is 6.18 Å². The standard InChI is InChI=1S/C21H22F3N5OS/c1-11-7-13(16-9-26-10-31-16)8-15-17(11)28-20(21(22,23)24)29-18(15)27-14-5-3-12(4-6-14)19(30)25-2/h7-10,12,14H,3-6H2,1-2H3,(H,25,30)(H,27,28,29). The fourth-order valence-corrected chi connectivity index (χ4v) is 4.65. The number of alkyl halides is 3. The summed E-state index contributed by atoms with van der Waals surface area (Å²) in [7, 11) is 1.61. The molecule has 0 saturated heterocycles. The van der Waals surface area contributed by atoms with Crippen LogP contribution in [0, 0.1) is 12.8 Å². The summed E-state index contributed by atoms with van der Waals surface area (Å²) in [6, 6.07) is 3.57. The van der Waals surface area contributed by atoms with Crippen molar-refractivity contribution >= 4 is 34.0 Å². The highest BCUT2D eigenvalue weighted by Gasteiger charge is 2.36. The number of hydrogen-bond acceptors (Lipinski definition) is 6. The van der Waals surface area contributed by atoms with Crippen LogP contribution >= 0.6 is 11.3 Å². The number of aryl methyl sites for hydroxylation is 1. The van der Waals surface area contributed by atoms with E-state index < -0.39 is 12.0 Å². The lowest BCUT2D eigenvalue weighted by atomic mass is 9.85. The maximum Gasteiger partial charge on any atom is 0.451 e. The Morgan fingerprint density at radius 1 is 1.16 bits per heavy atom. The second kappa shape index (κ2) is 8.41. The number of nitrogens with zero attached hydrogens (tertiary/aromatic N) is 3. The normalized spacial score (nSPS) is 19.4. The van der Waals surface area contributed by atoms with Crippen LogP contribution in [-0.4, -0.2) is 33.9 Å². The summed E-state index contributed by atoms with van der Waals surface area (Å²) in [6.07, 6.45) is -0.209. The van der Waals surface area contributed by atoms with Crippen LogP contribution in [-0.2, 0) is 11.0 Å². The maximum absolute atomic E-state index is 13.5. The molecule has 0 atom stereocenters. The third-order valence-electron chi connectivity index (χ3n) is 5.65. The van der Waals surface area contributed by atoms with E-state index in [-0.39, 0.29) is 29.2 Å². The Balaban J connectivity index is 1.72. The molecule has 2 aromatic heterocycles. The van der Waals surface area contributed by atoms with Crippen molar-refractivity contribution in [3.8, 4) is 10.4 Å². The molecule has 1 aromatic carbocycles. The molecule has 6 nitrogen and oxygen atoms in total. The number of hydrogen-bond donors (Lipinski definition) is 2. The van der Waals surface area contributed by atoms with Crippen molar-refractivity contribution in [1.29, 1.82) is 0 Å². The molecule has 3 aromatic rings. The minimum Gasteiger partial charge on any atom is -0.367 e. The summed E-state index contributed by atoms with van der Waals surface area (Å²) >= 11 is 1.46. The number of thiazole rings is 1. The van der Waals surface area contributed by atoms with Crippen LogP contribution in [0.2, 0.25) is 0 Å². The molecule has 0 radical (unpaired) electrons. The van der Waals surface area contributed by atoms with Gasteiger partial charge in [-0.15, -0.1) is 11.3 Å². The molecular weight excluding hydrogens is 427 g/mol. The third-order valence-corrected chi connectivity index (χ3v) is 6.47. The number of carbonyl (C=O) groups is 1. The van der Waals surface area contributed by atoms with E-state index in [9.17, 15) is 18.0 Å². The molecule has 0 bridgehead atoms. The smallest absolute Gasteiger partial charge is 0.367 e. The summed E-state index contributed by atoms with van der Waals surface area (Å²) in [5, 5.41) is 6.43. The van der Waals surface area contributed by atoms with E-state index in [0.717, 1.165) is 10.4 Å². The van der Waals surface area contributed by atoms with Gasteiger partial charge in [-0.25, -0.2) is 9.97 Å². The zero-order valence-corrected chi connectivity index (χ0v) is 17.9. The van der Waals surface area contributed by atoms with Gasteiger partial charge in [-0.3, -0.25) is 9.78 Å². The highest BCUT2D eigenvalue weighted by atomic mass is 32.1. The molecule has 1 aliphatic rings. The zero-order chi connectivity index (χ0) is 22.2. The molecule has 0 spiro atoms. The Bertz CT molecular complexity index is 1090. The zero-order valence-electron chi connectivity index (χ0n) is 17.1. The number of halogens is 3. The molecule has 31 heavy (non-hydrogen) atoms. The van der Waals surface area contributed by atoms with Gasteiger partial charge in [-0.05, 0) is 55.9 Å². The highest BCUT2D eigenvalue weighted by Crippen LogP contribution is 2.36. The number of benzene rings is 1. The van der Waals surface area contributed by atoms with Gasteiger partial charge in [0, 0.05) is 30.6 Å². The van der Waals surface area contributed by atoms with Gasteiger partial charge in [0.1, 0.15) is 5.82 Å². The molecular formula is C21H22F3N5OS. The first-order valence-corrected chi connectivity index (χ1v) is 10.9. The van der Waals surface area contributed by atoms with Gasteiger partial charge in [-0.2, -0.15) is 13.2 Å². The predicted molar refractivity (Wildman–Crippen MR) is 114 cm³/mol. The topological polar surface area (TPSA) is 79.8 Å². The van der Waals surface area contributed by atoms with Gasteiger partial charge in [0.25, 0.3) is 0 Å². The SMILES string of the molecule is CNC(=O)C1CCC(Nc2nc(C(F)(F)F)nc3c(C)cc(-c4cncs4)cc23)CC1. The lowest BCUT2D eigenvalue weighted by Crippen LogP contribution is -2.34. The van der Waals surface area contributed by atoms with Gasteiger partial charge < -0.3 is 10.6 Å². The molecule has 2 N–H and O–H groups in total. The first-order valence-electron chi connectivity index (χ1n) is 10.0. The second-order valence-electron chi connectivity index (χ2n) is 7.76. The molecule has 1 saturated carbocycles. The lowest BCUT2D eigenvalue weighted by Gasteiger charge is -2.29. The summed E-state index contributed by atoms with van der Waals surface area (Å²) in [5.41, 5.74) is 3.49. The monoisotopic (exact) mass is 449 g/mol. The van der Waals surface area contributed by atoms with Crippen LogP contribution < -0.4 is 10.6 Å². The largest absolute Gasteiger partial charge is 0.451 e. The predicted octanol–water partition coefficient (Wildman–Crippen LogP) is 4.80. The van der Waals surface area contributed by atoms with E-state index in [1.165, 1.54) is 11.3 Å². The Labute approximate surface area is 181 Å². The molecule has 2 heterocycles. The van der Waals surface area contributed by atoms with Crippen molar-refractivity contribution in [1.82, 2.24) is 20.3 Å². The van der Waals surface area contributed by atoms with Crippen LogP contribution in [0.4, 0.5) is 19.0 Å².